The second kappa shape index (κ2) is 5.79. The van der Waals surface area contributed by atoms with Crippen LogP contribution in [0.2, 0.25) is 4.34 Å². The molecule has 1 heterocycles. The maximum Gasteiger partial charge on any atom is 0.151 e. The Hall–Kier alpha value is -0.170. The van der Waals surface area contributed by atoms with Crippen LogP contribution in [0, 0.1) is 0 Å². The Labute approximate surface area is 98.6 Å². The number of rotatable bonds is 6. The molecule has 0 amide bonds. The molecule has 1 N–H and O–H groups in total. The van der Waals surface area contributed by atoms with E-state index in [1.54, 1.807) is 13.1 Å². The molecule has 0 aliphatic rings. The van der Waals surface area contributed by atoms with Gasteiger partial charge in [0.15, 0.2) is 9.84 Å². The van der Waals surface area contributed by atoms with Crippen molar-refractivity contribution >= 4 is 32.8 Å². The normalized spacial score (nSPS) is 11.9. The van der Waals surface area contributed by atoms with Crippen LogP contribution in [-0.2, 0) is 16.4 Å². The summed E-state index contributed by atoms with van der Waals surface area (Å²) < 4.78 is 22.9. The summed E-state index contributed by atoms with van der Waals surface area (Å²) in [6.45, 7) is 2.67. The van der Waals surface area contributed by atoms with Crippen molar-refractivity contribution in [3.05, 3.63) is 15.5 Å². The molecule has 86 valence electrons. The Kier molecular flexibility index (Phi) is 4.98. The fourth-order valence-electron chi connectivity index (χ4n) is 0.937. The van der Waals surface area contributed by atoms with Gasteiger partial charge < -0.3 is 5.32 Å². The monoisotopic (exact) mass is 268 g/mol. The molecule has 0 atom stereocenters. The zero-order valence-electron chi connectivity index (χ0n) is 8.36. The van der Waals surface area contributed by atoms with Gasteiger partial charge in [0.05, 0.1) is 11.9 Å². The highest BCUT2D eigenvalue weighted by Gasteiger charge is 2.06. The maximum atomic E-state index is 11.1. The van der Waals surface area contributed by atoms with E-state index in [1.165, 1.54) is 11.3 Å². The van der Waals surface area contributed by atoms with Gasteiger partial charge in [0.1, 0.15) is 9.34 Å². The van der Waals surface area contributed by atoms with Crippen molar-refractivity contribution in [1.82, 2.24) is 10.3 Å². The number of nitrogens with one attached hydrogen (secondary N) is 1. The molecular weight excluding hydrogens is 256 g/mol. The summed E-state index contributed by atoms with van der Waals surface area (Å²) in [5.74, 6) is 0.361. The summed E-state index contributed by atoms with van der Waals surface area (Å²) >= 11 is 7.09. The highest BCUT2D eigenvalue weighted by molar-refractivity contribution is 7.91. The minimum atomic E-state index is -2.87. The lowest BCUT2D eigenvalue weighted by atomic mass is 10.6. The fourth-order valence-corrected chi connectivity index (χ4v) is 2.61. The molecule has 7 heteroatoms. The standard InChI is InChI=1S/C8H13ClN2O2S2/c1-2-15(12,13)4-3-10-6-8-11-5-7(9)14-8/h5,10H,2-4,6H2,1H3. The van der Waals surface area contributed by atoms with E-state index in [1.807, 2.05) is 0 Å². The van der Waals surface area contributed by atoms with Gasteiger partial charge in [-0.05, 0) is 0 Å². The van der Waals surface area contributed by atoms with Gasteiger partial charge in [-0.1, -0.05) is 18.5 Å². The third kappa shape index (κ3) is 4.92. The van der Waals surface area contributed by atoms with E-state index in [2.05, 4.69) is 10.3 Å². The maximum absolute atomic E-state index is 11.1. The molecular formula is C8H13ClN2O2S2. The molecule has 0 spiro atoms. The van der Waals surface area contributed by atoms with Crippen LogP contribution in [0.15, 0.2) is 6.20 Å². The third-order valence-electron chi connectivity index (χ3n) is 1.83. The lowest BCUT2D eigenvalue weighted by Crippen LogP contribution is -2.23. The molecule has 0 saturated carbocycles. The summed E-state index contributed by atoms with van der Waals surface area (Å²) in [6.07, 6.45) is 1.59. The van der Waals surface area contributed by atoms with Gasteiger partial charge in [-0.2, -0.15) is 0 Å². The van der Waals surface area contributed by atoms with Gasteiger partial charge in [0, 0.05) is 18.8 Å². The SMILES string of the molecule is CCS(=O)(=O)CCNCc1ncc(Cl)s1. The Morgan fingerprint density at radius 3 is 2.87 bits per heavy atom. The summed E-state index contributed by atoms with van der Waals surface area (Å²) in [5, 5.41) is 3.88. The Bertz CT molecular complexity index is 403. The minimum Gasteiger partial charge on any atom is -0.309 e. The first kappa shape index (κ1) is 12.9. The molecule has 1 aromatic heterocycles. The van der Waals surface area contributed by atoms with Crippen molar-refractivity contribution in [2.24, 2.45) is 0 Å². The molecule has 0 saturated heterocycles. The molecule has 0 bridgehead atoms. The van der Waals surface area contributed by atoms with Crippen LogP contribution >= 0.6 is 22.9 Å². The number of halogens is 1. The number of aromatic nitrogens is 1. The highest BCUT2D eigenvalue weighted by Crippen LogP contribution is 2.17. The summed E-state index contributed by atoms with van der Waals surface area (Å²) in [5.41, 5.74) is 0. The lowest BCUT2D eigenvalue weighted by Gasteiger charge is -2.02. The van der Waals surface area contributed by atoms with Crippen molar-refractivity contribution in [3.8, 4) is 0 Å². The first-order valence-electron chi connectivity index (χ1n) is 4.55. The van der Waals surface area contributed by atoms with Gasteiger partial charge in [-0.25, -0.2) is 13.4 Å². The number of nitrogens with zero attached hydrogens (tertiary/aromatic N) is 1. The van der Waals surface area contributed by atoms with E-state index < -0.39 is 9.84 Å². The molecule has 4 nitrogen and oxygen atoms in total. The molecule has 0 unspecified atom stereocenters. The van der Waals surface area contributed by atoms with Crippen LogP contribution < -0.4 is 5.32 Å². The van der Waals surface area contributed by atoms with Crippen LogP contribution in [-0.4, -0.2) is 31.5 Å². The van der Waals surface area contributed by atoms with Gasteiger partial charge in [0.2, 0.25) is 0 Å². The summed E-state index contributed by atoms with van der Waals surface area (Å²) in [4.78, 5) is 4.04. The van der Waals surface area contributed by atoms with E-state index in [0.29, 0.717) is 17.4 Å². The zero-order chi connectivity index (χ0) is 11.3. The topological polar surface area (TPSA) is 59.1 Å². The third-order valence-corrected chi connectivity index (χ3v) is 4.65. The first-order chi connectivity index (χ1) is 7.03. The van der Waals surface area contributed by atoms with Crippen molar-refractivity contribution < 1.29 is 8.42 Å². The highest BCUT2D eigenvalue weighted by atomic mass is 35.5. The number of hydrogen-bond acceptors (Lipinski definition) is 5. The van der Waals surface area contributed by atoms with Gasteiger partial charge in [-0.3, -0.25) is 0 Å². The molecule has 15 heavy (non-hydrogen) atoms. The summed E-state index contributed by atoms with van der Waals surface area (Å²) in [6, 6.07) is 0. The van der Waals surface area contributed by atoms with Crippen molar-refractivity contribution in [2.75, 3.05) is 18.1 Å². The van der Waals surface area contributed by atoms with E-state index in [0.717, 1.165) is 5.01 Å². The van der Waals surface area contributed by atoms with Gasteiger partial charge >= 0.3 is 0 Å². The Morgan fingerprint density at radius 1 is 1.60 bits per heavy atom. The molecule has 0 aliphatic carbocycles. The fraction of sp³-hybridized carbons (Fsp3) is 0.625. The number of sulfone groups is 1. The minimum absolute atomic E-state index is 0.169. The predicted molar refractivity (Wildman–Crippen MR) is 63.2 cm³/mol. The van der Waals surface area contributed by atoms with E-state index in [-0.39, 0.29) is 11.5 Å². The Balaban J connectivity index is 2.23. The molecule has 0 fully saturated rings. The largest absolute Gasteiger partial charge is 0.309 e. The van der Waals surface area contributed by atoms with Crippen LogP contribution in [0.5, 0.6) is 0 Å². The predicted octanol–water partition coefficient (Wildman–Crippen LogP) is 1.32. The second-order valence-electron chi connectivity index (χ2n) is 2.97. The van der Waals surface area contributed by atoms with Gasteiger partial charge in [-0.15, -0.1) is 11.3 Å². The van der Waals surface area contributed by atoms with Crippen molar-refractivity contribution in [1.29, 1.82) is 0 Å². The van der Waals surface area contributed by atoms with Crippen molar-refractivity contribution in [2.45, 2.75) is 13.5 Å². The average molecular weight is 269 g/mol. The molecule has 0 aliphatic heterocycles. The second-order valence-corrected chi connectivity index (χ2v) is 7.19. The average Bonchev–Trinajstić information content (AvgIpc) is 2.59. The quantitative estimate of drug-likeness (QED) is 0.791. The number of thiazole rings is 1. The molecule has 0 radical (unpaired) electrons. The van der Waals surface area contributed by atoms with E-state index in [4.69, 9.17) is 11.6 Å². The summed E-state index contributed by atoms with van der Waals surface area (Å²) in [7, 11) is -2.87. The Morgan fingerprint density at radius 2 is 2.33 bits per heavy atom. The van der Waals surface area contributed by atoms with E-state index in [9.17, 15) is 8.42 Å². The van der Waals surface area contributed by atoms with Crippen LogP contribution in [0.3, 0.4) is 0 Å². The zero-order valence-corrected chi connectivity index (χ0v) is 10.8. The molecule has 1 aromatic rings. The molecule has 0 aromatic carbocycles. The van der Waals surface area contributed by atoms with Crippen LogP contribution in [0.1, 0.15) is 11.9 Å². The van der Waals surface area contributed by atoms with Gasteiger partial charge in [0.25, 0.3) is 0 Å². The smallest absolute Gasteiger partial charge is 0.151 e. The van der Waals surface area contributed by atoms with Crippen LogP contribution in [0.4, 0.5) is 0 Å². The van der Waals surface area contributed by atoms with Crippen LogP contribution in [0.25, 0.3) is 0 Å². The molecule has 1 rings (SSSR count). The van der Waals surface area contributed by atoms with E-state index >= 15 is 0 Å². The van der Waals surface area contributed by atoms with Crippen molar-refractivity contribution in [3.63, 3.8) is 0 Å². The first-order valence-corrected chi connectivity index (χ1v) is 7.56. The lowest BCUT2D eigenvalue weighted by molar-refractivity contribution is 0.591. The number of hydrogen-bond donors (Lipinski definition) is 1.